The van der Waals surface area contributed by atoms with Gasteiger partial charge in [-0.1, -0.05) is 26.2 Å². The highest BCUT2D eigenvalue weighted by Gasteiger charge is 2.23. The van der Waals surface area contributed by atoms with Gasteiger partial charge in [-0.05, 0) is 24.8 Å². The van der Waals surface area contributed by atoms with Crippen molar-refractivity contribution in [1.29, 1.82) is 0 Å². The molecular formula is C15H17F4N. The molecule has 0 aromatic heterocycles. The van der Waals surface area contributed by atoms with Gasteiger partial charge in [0.2, 0.25) is 0 Å². The highest BCUT2D eigenvalue weighted by atomic mass is 19.2. The van der Waals surface area contributed by atoms with Gasteiger partial charge in [0.15, 0.2) is 23.3 Å². The van der Waals surface area contributed by atoms with Crippen molar-refractivity contribution < 1.29 is 17.6 Å². The zero-order chi connectivity index (χ0) is 14.7. The third-order valence-corrected chi connectivity index (χ3v) is 3.61. The second-order valence-corrected chi connectivity index (χ2v) is 5.33. The second-order valence-electron chi connectivity index (χ2n) is 5.33. The van der Waals surface area contributed by atoms with Crippen LogP contribution in [0.1, 0.15) is 44.6 Å². The van der Waals surface area contributed by atoms with Gasteiger partial charge in [0, 0.05) is 17.8 Å². The molecule has 0 N–H and O–H groups in total. The summed E-state index contributed by atoms with van der Waals surface area (Å²) in [5, 5.41) is 0. The summed E-state index contributed by atoms with van der Waals surface area (Å²) in [7, 11) is 0. The fourth-order valence-electron chi connectivity index (χ4n) is 2.47. The number of hydrogen-bond donors (Lipinski definition) is 0. The molecule has 5 heteroatoms. The minimum absolute atomic E-state index is 0.252. The number of aliphatic imine (C=N–C) groups is 1. The zero-order valence-corrected chi connectivity index (χ0v) is 11.4. The van der Waals surface area contributed by atoms with Gasteiger partial charge in [0.25, 0.3) is 0 Å². The summed E-state index contributed by atoms with van der Waals surface area (Å²) in [6.45, 7) is 2.50. The summed E-state index contributed by atoms with van der Waals surface area (Å²) >= 11 is 0. The molecule has 1 aromatic rings. The first-order valence-corrected chi connectivity index (χ1v) is 6.87. The number of halogens is 4. The average Bonchev–Trinajstić information content (AvgIpc) is 2.52. The van der Waals surface area contributed by atoms with E-state index < -0.39 is 23.3 Å². The zero-order valence-electron chi connectivity index (χ0n) is 11.4. The summed E-state index contributed by atoms with van der Waals surface area (Å²) < 4.78 is 53.4. The number of hydrogen-bond acceptors (Lipinski definition) is 1. The van der Waals surface area contributed by atoms with Crippen LogP contribution in [0.2, 0.25) is 0 Å². The normalized spacial score (nSPS) is 20.9. The molecule has 110 valence electrons. The molecule has 2 rings (SSSR count). The first-order chi connectivity index (χ1) is 9.50. The molecule has 1 aliphatic heterocycles. The quantitative estimate of drug-likeness (QED) is 0.405. The molecule has 0 bridgehead atoms. The molecule has 1 aromatic carbocycles. The molecule has 0 saturated heterocycles. The van der Waals surface area contributed by atoms with Crippen LogP contribution in [0.5, 0.6) is 0 Å². The van der Waals surface area contributed by atoms with Gasteiger partial charge in [-0.15, -0.1) is 0 Å². The molecule has 0 spiro atoms. The van der Waals surface area contributed by atoms with Crippen LogP contribution in [-0.4, -0.2) is 12.3 Å². The largest absolute Gasteiger partial charge is 0.289 e. The van der Waals surface area contributed by atoms with Crippen LogP contribution in [0.4, 0.5) is 17.6 Å². The van der Waals surface area contributed by atoms with E-state index in [1.807, 2.05) is 6.92 Å². The summed E-state index contributed by atoms with van der Waals surface area (Å²) in [5.74, 6) is -6.02. The van der Waals surface area contributed by atoms with Crippen molar-refractivity contribution in [3.05, 3.63) is 34.9 Å². The summed E-state index contributed by atoms with van der Waals surface area (Å²) in [5.41, 5.74) is 0.0739. The molecule has 1 atom stereocenters. The third kappa shape index (κ3) is 3.19. The Bertz CT molecular complexity index is 525. The van der Waals surface area contributed by atoms with Gasteiger partial charge in [-0.25, -0.2) is 17.6 Å². The van der Waals surface area contributed by atoms with E-state index in [9.17, 15) is 17.6 Å². The predicted octanol–water partition coefficient (Wildman–Crippen LogP) is 4.63. The molecule has 0 saturated carbocycles. The molecule has 0 amide bonds. The maximum atomic E-state index is 13.8. The van der Waals surface area contributed by atoms with Gasteiger partial charge in [-0.2, -0.15) is 0 Å². The Kier molecular flexibility index (Phi) is 4.78. The minimum Gasteiger partial charge on any atom is -0.289 e. The minimum atomic E-state index is -1.78. The molecule has 1 aliphatic rings. The van der Waals surface area contributed by atoms with E-state index in [0.717, 1.165) is 25.7 Å². The molecule has 0 radical (unpaired) electrons. The Balaban J connectivity index is 2.42. The first-order valence-electron chi connectivity index (χ1n) is 6.87. The van der Waals surface area contributed by atoms with Gasteiger partial charge >= 0.3 is 0 Å². The van der Waals surface area contributed by atoms with Crippen LogP contribution >= 0.6 is 0 Å². The van der Waals surface area contributed by atoms with Gasteiger partial charge in [0.1, 0.15) is 0 Å². The van der Waals surface area contributed by atoms with Crippen LogP contribution < -0.4 is 0 Å². The summed E-state index contributed by atoms with van der Waals surface area (Å²) in [6.07, 6.45) is 4.38. The highest BCUT2D eigenvalue weighted by Crippen LogP contribution is 2.24. The fourth-order valence-corrected chi connectivity index (χ4v) is 2.47. The predicted molar refractivity (Wildman–Crippen MR) is 69.9 cm³/mol. The molecule has 20 heavy (non-hydrogen) atoms. The van der Waals surface area contributed by atoms with Crippen molar-refractivity contribution in [2.24, 2.45) is 10.9 Å². The van der Waals surface area contributed by atoms with Crippen LogP contribution in [0.3, 0.4) is 0 Å². The summed E-state index contributed by atoms with van der Waals surface area (Å²) in [4.78, 5) is 4.26. The monoisotopic (exact) mass is 287 g/mol. The van der Waals surface area contributed by atoms with Crippen molar-refractivity contribution in [1.82, 2.24) is 0 Å². The highest BCUT2D eigenvalue weighted by molar-refractivity contribution is 6.01. The van der Waals surface area contributed by atoms with Gasteiger partial charge in [0.05, 0.1) is 0 Å². The Morgan fingerprint density at radius 1 is 1.00 bits per heavy atom. The fraction of sp³-hybridized carbons (Fsp3) is 0.533. The van der Waals surface area contributed by atoms with Gasteiger partial charge < -0.3 is 0 Å². The molecular weight excluding hydrogens is 270 g/mol. The Morgan fingerprint density at radius 2 is 1.75 bits per heavy atom. The van der Waals surface area contributed by atoms with E-state index >= 15 is 0 Å². The van der Waals surface area contributed by atoms with E-state index in [1.54, 1.807) is 0 Å². The Hall–Kier alpha value is -1.39. The second kappa shape index (κ2) is 6.37. The van der Waals surface area contributed by atoms with E-state index in [-0.39, 0.29) is 11.5 Å². The van der Waals surface area contributed by atoms with E-state index in [2.05, 4.69) is 4.99 Å². The Morgan fingerprint density at radius 3 is 2.50 bits per heavy atom. The van der Waals surface area contributed by atoms with Crippen molar-refractivity contribution >= 4 is 5.71 Å². The molecule has 1 nitrogen and oxygen atoms in total. The maximum absolute atomic E-state index is 13.8. The topological polar surface area (TPSA) is 12.4 Å². The van der Waals surface area contributed by atoms with Crippen LogP contribution in [-0.2, 0) is 0 Å². The summed E-state index contributed by atoms with van der Waals surface area (Å²) in [6, 6.07) is 0.706. The smallest absolute Gasteiger partial charge is 0.198 e. The molecule has 0 fully saturated rings. The van der Waals surface area contributed by atoms with Crippen molar-refractivity contribution in [3.63, 3.8) is 0 Å². The SMILES string of the molecule is CC1CCCCCN=C(c2cc(F)c(F)c(F)c2F)C1. The first kappa shape index (κ1) is 15.0. The number of benzene rings is 1. The average molecular weight is 287 g/mol. The third-order valence-electron chi connectivity index (χ3n) is 3.61. The molecule has 0 aliphatic carbocycles. The van der Waals surface area contributed by atoms with E-state index in [0.29, 0.717) is 24.7 Å². The Labute approximate surface area is 115 Å². The van der Waals surface area contributed by atoms with Crippen LogP contribution in [0.25, 0.3) is 0 Å². The molecule has 1 heterocycles. The van der Waals surface area contributed by atoms with Crippen LogP contribution in [0, 0.1) is 29.2 Å². The van der Waals surface area contributed by atoms with Gasteiger partial charge in [-0.3, -0.25) is 4.99 Å². The lowest BCUT2D eigenvalue weighted by molar-refractivity contribution is 0.408. The van der Waals surface area contributed by atoms with Crippen molar-refractivity contribution in [2.75, 3.05) is 6.54 Å². The van der Waals surface area contributed by atoms with E-state index in [4.69, 9.17) is 0 Å². The van der Waals surface area contributed by atoms with Crippen LogP contribution in [0.15, 0.2) is 11.1 Å². The number of nitrogens with zero attached hydrogens (tertiary/aromatic N) is 1. The van der Waals surface area contributed by atoms with Crippen molar-refractivity contribution in [2.45, 2.75) is 39.0 Å². The lowest BCUT2D eigenvalue weighted by Crippen LogP contribution is -2.13. The number of rotatable bonds is 1. The van der Waals surface area contributed by atoms with E-state index in [1.165, 1.54) is 0 Å². The standard InChI is InChI=1S/C15H17F4N/c1-9-5-3-2-4-6-20-12(7-9)10-8-11(16)14(18)15(19)13(10)17/h8-9H,2-7H2,1H3. The molecule has 1 unspecified atom stereocenters. The van der Waals surface area contributed by atoms with Crippen molar-refractivity contribution in [3.8, 4) is 0 Å². The maximum Gasteiger partial charge on any atom is 0.198 e. The lowest BCUT2D eigenvalue weighted by Gasteiger charge is -2.13. The lowest BCUT2D eigenvalue weighted by atomic mass is 9.94.